The molecule has 0 aliphatic heterocycles. The summed E-state index contributed by atoms with van der Waals surface area (Å²) in [5, 5.41) is 9.68. The number of aldehydes is 1. The van der Waals surface area contributed by atoms with Gasteiger partial charge in [0.15, 0.2) is 6.29 Å². The van der Waals surface area contributed by atoms with Gasteiger partial charge in [-0.2, -0.15) is 0 Å². The van der Waals surface area contributed by atoms with E-state index in [0.717, 1.165) is 0 Å². The van der Waals surface area contributed by atoms with E-state index in [4.69, 9.17) is 4.74 Å². The van der Waals surface area contributed by atoms with Crippen LogP contribution >= 0.6 is 0 Å². The number of ether oxygens (including phenoxy) is 1. The molecular weight excluding hydrogens is 220 g/mol. The third-order valence-corrected chi connectivity index (χ3v) is 2.25. The number of hydrogen-bond acceptors (Lipinski definition) is 4. The van der Waals surface area contributed by atoms with E-state index in [-0.39, 0.29) is 23.9 Å². The third-order valence-electron chi connectivity index (χ3n) is 2.25. The molecule has 17 heavy (non-hydrogen) atoms. The average molecular weight is 236 g/mol. The number of phenols is 1. The standard InChI is InChI=1S/C13H16O4/c1-13(2,3)12(16)17-8-10-6-4-5-9(7-14)11(10)15/h4-7,15H,8H2,1-3H3. The van der Waals surface area contributed by atoms with Crippen molar-refractivity contribution in [2.75, 3.05) is 0 Å². The average Bonchev–Trinajstić information content (AvgIpc) is 2.26. The molecule has 0 bridgehead atoms. The lowest BCUT2D eigenvalue weighted by Crippen LogP contribution is -2.22. The van der Waals surface area contributed by atoms with Crippen LogP contribution in [-0.4, -0.2) is 17.4 Å². The normalized spacial score (nSPS) is 11.0. The highest BCUT2D eigenvalue weighted by atomic mass is 16.5. The molecule has 92 valence electrons. The summed E-state index contributed by atoms with van der Waals surface area (Å²) in [4.78, 5) is 22.1. The molecule has 0 saturated heterocycles. The zero-order chi connectivity index (χ0) is 13.1. The molecule has 0 fully saturated rings. The van der Waals surface area contributed by atoms with E-state index in [1.165, 1.54) is 6.07 Å². The summed E-state index contributed by atoms with van der Waals surface area (Å²) in [5.74, 6) is -0.488. The Kier molecular flexibility index (Phi) is 3.89. The van der Waals surface area contributed by atoms with Crippen molar-refractivity contribution in [1.29, 1.82) is 0 Å². The molecule has 0 saturated carbocycles. The fourth-order valence-corrected chi connectivity index (χ4v) is 1.18. The van der Waals surface area contributed by atoms with E-state index in [1.807, 2.05) is 0 Å². The summed E-state index contributed by atoms with van der Waals surface area (Å²) in [5.41, 5.74) is 0.0271. The van der Waals surface area contributed by atoms with E-state index < -0.39 is 5.41 Å². The van der Waals surface area contributed by atoms with Gasteiger partial charge in [0.2, 0.25) is 0 Å². The van der Waals surface area contributed by atoms with Crippen molar-refractivity contribution in [3.05, 3.63) is 29.3 Å². The molecule has 0 aliphatic carbocycles. The van der Waals surface area contributed by atoms with Gasteiger partial charge in [0.05, 0.1) is 11.0 Å². The molecule has 4 heteroatoms. The summed E-state index contributed by atoms with van der Waals surface area (Å²) in [7, 11) is 0. The summed E-state index contributed by atoms with van der Waals surface area (Å²) in [6, 6.07) is 4.74. The van der Waals surface area contributed by atoms with Crippen LogP contribution in [0.1, 0.15) is 36.7 Å². The van der Waals surface area contributed by atoms with E-state index in [1.54, 1.807) is 32.9 Å². The maximum atomic E-state index is 11.5. The van der Waals surface area contributed by atoms with Gasteiger partial charge in [-0.25, -0.2) is 0 Å². The number of carbonyl (C=O) groups is 2. The first-order chi connectivity index (χ1) is 7.86. The van der Waals surface area contributed by atoms with Gasteiger partial charge in [-0.15, -0.1) is 0 Å². The first kappa shape index (κ1) is 13.2. The highest BCUT2D eigenvalue weighted by molar-refractivity contribution is 5.80. The maximum absolute atomic E-state index is 11.5. The molecule has 1 N–H and O–H groups in total. The minimum Gasteiger partial charge on any atom is -0.507 e. The van der Waals surface area contributed by atoms with Gasteiger partial charge >= 0.3 is 5.97 Å². The summed E-state index contributed by atoms with van der Waals surface area (Å²) >= 11 is 0. The number of para-hydroxylation sites is 1. The zero-order valence-electron chi connectivity index (χ0n) is 10.2. The van der Waals surface area contributed by atoms with Crippen molar-refractivity contribution in [2.45, 2.75) is 27.4 Å². The Hall–Kier alpha value is -1.84. The second-order valence-corrected chi connectivity index (χ2v) is 4.80. The number of hydrogen-bond donors (Lipinski definition) is 1. The fraction of sp³-hybridized carbons (Fsp3) is 0.385. The molecule has 1 rings (SSSR count). The van der Waals surface area contributed by atoms with Crippen LogP contribution in [0.5, 0.6) is 5.75 Å². The van der Waals surface area contributed by atoms with Crippen molar-refractivity contribution in [3.8, 4) is 5.75 Å². The van der Waals surface area contributed by atoms with Gasteiger partial charge < -0.3 is 9.84 Å². The molecule has 0 aromatic heterocycles. The summed E-state index contributed by atoms with van der Waals surface area (Å²) in [6.07, 6.45) is 0.560. The van der Waals surface area contributed by atoms with E-state index in [9.17, 15) is 14.7 Å². The number of carbonyl (C=O) groups excluding carboxylic acids is 2. The minimum absolute atomic E-state index is 0.0381. The van der Waals surface area contributed by atoms with Crippen LogP contribution in [0.2, 0.25) is 0 Å². The molecule has 0 spiro atoms. The van der Waals surface area contributed by atoms with Crippen LogP contribution in [0.15, 0.2) is 18.2 Å². The van der Waals surface area contributed by atoms with Gasteiger partial charge in [0.1, 0.15) is 12.4 Å². The number of phenolic OH excluding ortho intramolecular Hbond substituents is 1. The SMILES string of the molecule is CC(C)(C)C(=O)OCc1cccc(C=O)c1O. The number of esters is 1. The Labute approximate surface area is 100 Å². The van der Waals surface area contributed by atoms with Gasteiger partial charge in [-0.3, -0.25) is 9.59 Å². The van der Waals surface area contributed by atoms with Gasteiger partial charge in [0.25, 0.3) is 0 Å². The van der Waals surface area contributed by atoms with Gasteiger partial charge in [-0.05, 0) is 26.8 Å². The molecule has 0 heterocycles. The Morgan fingerprint density at radius 3 is 2.59 bits per heavy atom. The van der Waals surface area contributed by atoms with Crippen molar-refractivity contribution >= 4 is 12.3 Å². The van der Waals surface area contributed by atoms with Crippen molar-refractivity contribution < 1.29 is 19.4 Å². The first-order valence-corrected chi connectivity index (χ1v) is 5.29. The summed E-state index contributed by atoms with van der Waals surface area (Å²) < 4.78 is 5.06. The Morgan fingerprint density at radius 2 is 2.06 bits per heavy atom. The molecule has 0 radical (unpaired) electrons. The molecule has 0 amide bonds. The largest absolute Gasteiger partial charge is 0.507 e. The van der Waals surface area contributed by atoms with Crippen LogP contribution in [0.4, 0.5) is 0 Å². The van der Waals surface area contributed by atoms with Crippen LogP contribution in [0.25, 0.3) is 0 Å². The molecule has 4 nitrogen and oxygen atoms in total. The van der Waals surface area contributed by atoms with E-state index in [2.05, 4.69) is 0 Å². The fourth-order valence-electron chi connectivity index (χ4n) is 1.18. The minimum atomic E-state index is -0.585. The zero-order valence-corrected chi connectivity index (χ0v) is 10.2. The monoisotopic (exact) mass is 236 g/mol. The van der Waals surface area contributed by atoms with Crippen molar-refractivity contribution in [3.63, 3.8) is 0 Å². The van der Waals surface area contributed by atoms with Crippen LogP contribution < -0.4 is 0 Å². The van der Waals surface area contributed by atoms with Crippen LogP contribution in [-0.2, 0) is 16.1 Å². The smallest absolute Gasteiger partial charge is 0.311 e. The second kappa shape index (κ2) is 4.99. The van der Waals surface area contributed by atoms with Crippen LogP contribution in [0, 0.1) is 5.41 Å². The third kappa shape index (κ3) is 3.31. The Bertz CT molecular complexity index is 430. The summed E-state index contributed by atoms with van der Waals surface area (Å²) in [6.45, 7) is 5.20. The lowest BCUT2D eigenvalue weighted by Gasteiger charge is -2.17. The number of benzene rings is 1. The number of rotatable bonds is 3. The topological polar surface area (TPSA) is 63.6 Å². The highest BCUT2D eigenvalue weighted by Gasteiger charge is 2.23. The van der Waals surface area contributed by atoms with Crippen molar-refractivity contribution in [2.24, 2.45) is 5.41 Å². The lowest BCUT2D eigenvalue weighted by molar-refractivity contribution is -0.154. The first-order valence-electron chi connectivity index (χ1n) is 5.29. The quantitative estimate of drug-likeness (QED) is 0.646. The molecular formula is C13H16O4. The predicted molar refractivity (Wildman–Crippen MR) is 62.7 cm³/mol. The Balaban J connectivity index is 2.77. The lowest BCUT2D eigenvalue weighted by atomic mass is 9.97. The van der Waals surface area contributed by atoms with E-state index >= 15 is 0 Å². The molecule has 0 unspecified atom stereocenters. The molecule has 1 aromatic carbocycles. The second-order valence-electron chi connectivity index (χ2n) is 4.80. The molecule has 0 atom stereocenters. The Morgan fingerprint density at radius 1 is 1.41 bits per heavy atom. The predicted octanol–water partition coefficient (Wildman–Crippen LogP) is 2.29. The molecule has 1 aromatic rings. The van der Waals surface area contributed by atoms with Gasteiger partial charge in [0, 0.05) is 5.56 Å². The van der Waals surface area contributed by atoms with E-state index in [0.29, 0.717) is 11.8 Å². The highest BCUT2D eigenvalue weighted by Crippen LogP contribution is 2.23. The van der Waals surface area contributed by atoms with Crippen LogP contribution in [0.3, 0.4) is 0 Å². The molecule has 0 aliphatic rings. The van der Waals surface area contributed by atoms with Crippen molar-refractivity contribution in [1.82, 2.24) is 0 Å². The van der Waals surface area contributed by atoms with Gasteiger partial charge in [-0.1, -0.05) is 12.1 Å². The number of aromatic hydroxyl groups is 1. The maximum Gasteiger partial charge on any atom is 0.311 e.